The molecule has 33 heavy (non-hydrogen) atoms. The van der Waals surface area contributed by atoms with Crippen LogP contribution in [0.4, 0.5) is 4.79 Å². The van der Waals surface area contributed by atoms with Gasteiger partial charge in [0.2, 0.25) is 5.56 Å². The molecular weight excluding hydrogens is 420 g/mol. The van der Waals surface area contributed by atoms with Gasteiger partial charge in [0.15, 0.2) is 5.78 Å². The molecule has 2 aromatic rings. The molecule has 1 aromatic carbocycles. The molecule has 0 bridgehead atoms. The standard InChI is InChI=1S/C26H34N2O5/c1-24(2,3)33-23(31)28-25(4,5)32-22(26(28,6)19-13-8-7-9-14-19)20(29)15-12-18-27-17-11-10-16-21(27)30/h7-11,13-14,16-17,22H,12,15,18H2,1-6H3. The molecule has 1 aliphatic heterocycles. The zero-order valence-electron chi connectivity index (χ0n) is 20.3. The second-order valence-electron chi connectivity index (χ2n) is 10.1. The summed E-state index contributed by atoms with van der Waals surface area (Å²) in [6.45, 7) is 11.3. The highest BCUT2D eigenvalue weighted by molar-refractivity contribution is 5.87. The zero-order chi connectivity index (χ0) is 24.4. The number of rotatable bonds is 6. The lowest BCUT2D eigenvalue weighted by molar-refractivity contribution is -0.137. The van der Waals surface area contributed by atoms with Crippen molar-refractivity contribution in [1.82, 2.24) is 9.47 Å². The minimum absolute atomic E-state index is 0.103. The predicted octanol–water partition coefficient (Wildman–Crippen LogP) is 4.49. The van der Waals surface area contributed by atoms with Gasteiger partial charge in [0.25, 0.3) is 0 Å². The summed E-state index contributed by atoms with van der Waals surface area (Å²) in [5.74, 6) is -0.121. The third-order valence-corrected chi connectivity index (χ3v) is 5.87. The number of carbonyl (C=O) groups is 2. The minimum Gasteiger partial charge on any atom is -0.444 e. The van der Waals surface area contributed by atoms with E-state index < -0.39 is 29.1 Å². The summed E-state index contributed by atoms with van der Waals surface area (Å²) in [6, 6.07) is 14.4. The third-order valence-electron chi connectivity index (χ3n) is 5.87. The number of carbonyl (C=O) groups excluding carboxylic acids is 2. The first-order valence-electron chi connectivity index (χ1n) is 11.3. The van der Waals surface area contributed by atoms with Gasteiger partial charge in [-0.2, -0.15) is 0 Å². The van der Waals surface area contributed by atoms with Gasteiger partial charge in [-0.15, -0.1) is 0 Å². The second-order valence-corrected chi connectivity index (χ2v) is 10.1. The molecule has 1 saturated heterocycles. The lowest BCUT2D eigenvalue weighted by Gasteiger charge is -2.41. The molecule has 0 radical (unpaired) electrons. The van der Waals surface area contributed by atoms with Crippen molar-refractivity contribution in [3.63, 3.8) is 0 Å². The average Bonchev–Trinajstić information content (AvgIpc) is 2.95. The molecule has 1 aliphatic rings. The zero-order valence-corrected chi connectivity index (χ0v) is 20.3. The first-order valence-corrected chi connectivity index (χ1v) is 11.3. The van der Waals surface area contributed by atoms with E-state index in [9.17, 15) is 14.4 Å². The first-order chi connectivity index (χ1) is 15.4. The van der Waals surface area contributed by atoms with E-state index in [1.54, 1.807) is 41.6 Å². The molecule has 2 heterocycles. The number of ketones is 1. The van der Waals surface area contributed by atoms with Crippen molar-refractivity contribution in [2.45, 2.75) is 83.9 Å². The molecule has 1 aromatic heterocycles. The van der Waals surface area contributed by atoms with E-state index in [-0.39, 0.29) is 17.8 Å². The normalized spacial score (nSPS) is 22.2. The van der Waals surface area contributed by atoms with E-state index in [0.717, 1.165) is 5.56 Å². The van der Waals surface area contributed by atoms with E-state index in [1.165, 1.54) is 6.07 Å². The molecule has 1 amide bonds. The Hall–Kier alpha value is -2.93. The molecule has 0 aliphatic carbocycles. The van der Waals surface area contributed by atoms with Crippen molar-refractivity contribution in [3.05, 3.63) is 70.6 Å². The Morgan fingerprint density at radius 3 is 2.27 bits per heavy atom. The van der Waals surface area contributed by atoms with Crippen molar-refractivity contribution >= 4 is 11.9 Å². The van der Waals surface area contributed by atoms with Crippen LogP contribution in [0.1, 0.15) is 59.9 Å². The Morgan fingerprint density at radius 2 is 1.67 bits per heavy atom. The lowest BCUT2D eigenvalue weighted by atomic mass is 9.82. The Kier molecular flexibility index (Phi) is 6.84. The fourth-order valence-corrected chi connectivity index (χ4v) is 4.48. The van der Waals surface area contributed by atoms with Gasteiger partial charge < -0.3 is 14.0 Å². The monoisotopic (exact) mass is 454 g/mol. The fourth-order valence-electron chi connectivity index (χ4n) is 4.48. The maximum absolute atomic E-state index is 13.5. The topological polar surface area (TPSA) is 77.8 Å². The summed E-state index contributed by atoms with van der Waals surface area (Å²) >= 11 is 0. The van der Waals surface area contributed by atoms with E-state index in [1.807, 2.05) is 58.0 Å². The molecule has 7 nitrogen and oxygen atoms in total. The van der Waals surface area contributed by atoms with Crippen molar-refractivity contribution < 1.29 is 19.1 Å². The number of amides is 1. The van der Waals surface area contributed by atoms with E-state index >= 15 is 0 Å². The molecule has 2 unspecified atom stereocenters. The maximum atomic E-state index is 13.5. The van der Waals surface area contributed by atoms with Crippen molar-refractivity contribution in [3.8, 4) is 0 Å². The Morgan fingerprint density at radius 1 is 1.03 bits per heavy atom. The van der Waals surface area contributed by atoms with Crippen LogP contribution in [-0.2, 0) is 26.4 Å². The van der Waals surface area contributed by atoms with Crippen LogP contribution in [0.2, 0.25) is 0 Å². The van der Waals surface area contributed by atoms with Crippen LogP contribution in [0.5, 0.6) is 0 Å². The van der Waals surface area contributed by atoms with E-state index in [2.05, 4.69) is 0 Å². The number of Topliss-reactive ketones (excluding diaryl/α,β-unsaturated/α-hetero) is 1. The summed E-state index contributed by atoms with van der Waals surface area (Å²) in [4.78, 5) is 40.3. The summed E-state index contributed by atoms with van der Waals surface area (Å²) in [5.41, 5.74) is -2.14. The number of hydrogen-bond acceptors (Lipinski definition) is 5. The van der Waals surface area contributed by atoms with Crippen LogP contribution in [0.15, 0.2) is 59.5 Å². The Labute approximate surface area is 195 Å². The summed E-state index contributed by atoms with van der Waals surface area (Å²) < 4.78 is 13.6. The fraction of sp³-hybridized carbons (Fsp3) is 0.500. The van der Waals surface area contributed by atoms with Gasteiger partial charge in [0.1, 0.15) is 23.0 Å². The van der Waals surface area contributed by atoms with Crippen LogP contribution in [0.25, 0.3) is 0 Å². The molecule has 0 spiro atoms. The smallest absolute Gasteiger partial charge is 0.413 e. The Balaban J connectivity index is 1.91. The molecule has 178 valence electrons. The number of ether oxygens (including phenoxy) is 2. The highest BCUT2D eigenvalue weighted by Crippen LogP contribution is 2.47. The van der Waals surface area contributed by atoms with Gasteiger partial charge >= 0.3 is 6.09 Å². The maximum Gasteiger partial charge on any atom is 0.413 e. The average molecular weight is 455 g/mol. The number of nitrogens with zero attached hydrogens (tertiary/aromatic N) is 2. The third kappa shape index (κ3) is 5.19. The predicted molar refractivity (Wildman–Crippen MR) is 126 cm³/mol. The molecule has 1 fully saturated rings. The number of aryl methyl sites for hydroxylation is 1. The molecule has 7 heteroatoms. The van der Waals surface area contributed by atoms with Gasteiger partial charge in [-0.05, 0) is 59.6 Å². The molecule has 0 saturated carbocycles. The Bertz CT molecular complexity index is 1050. The van der Waals surface area contributed by atoms with Crippen molar-refractivity contribution in [2.24, 2.45) is 0 Å². The number of pyridine rings is 1. The van der Waals surface area contributed by atoms with Crippen LogP contribution < -0.4 is 5.56 Å². The lowest BCUT2D eigenvalue weighted by Crippen LogP contribution is -2.56. The van der Waals surface area contributed by atoms with Gasteiger partial charge in [-0.1, -0.05) is 36.4 Å². The minimum atomic E-state index is -1.07. The largest absolute Gasteiger partial charge is 0.444 e. The van der Waals surface area contributed by atoms with Crippen LogP contribution in [-0.4, -0.2) is 38.8 Å². The van der Waals surface area contributed by atoms with Crippen LogP contribution in [0.3, 0.4) is 0 Å². The highest BCUT2D eigenvalue weighted by atomic mass is 16.6. The van der Waals surface area contributed by atoms with Gasteiger partial charge in [-0.25, -0.2) is 4.79 Å². The van der Waals surface area contributed by atoms with Crippen LogP contribution in [0, 0.1) is 0 Å². The number of hydrogen-bond donors (Lipinski definition) is 0. The number of aromatic nitrogens is 1. The van der Waals surface area contributed by atoms with E-state index in [4.69, 9.17) is 9.47 Å². The molecule has 3 rings (SSSR count). The highest BCUT2D eigenvalue weighted by Gasteiger charge is 2.61. The van der Waals surface area contributed by atoms with Gasteiger partial charge in [0, 0.05) is 25.2 Å². The summed E-state index contributed by atoms with van der Waals surface area (Å²) in [5, 5.41) is 0. The molecular formula is C26H34N2O5. The molecule has 0 N–H and O–H groups in total. The SMILES string of the molecule is CC(C)(C)OC(=O)N1C(C)(C)OC(C(=O)CCCn2ccccc2=O)C1(C)c1ccccc1. The van der Waals surface area contributed by atoms with Crippen LogP contribution >= 0.6 is 0 Å². The second kappa shape index (κ2) is 9.14. The summed E-state index contributed by atoms with van der Waals surface area (Å²) in [6.07, 6.45) is 0.993. The van der Waals surface area contributed by atoms with Crippen molar-refractivity contribution in [2.75, 3.05) is 0 Å². The van der Waals surface area contributed by atoms with E-state index in [0.29, 0.717) is 13.0 Å². The van der Waals surface area contributed by atoms with Gasteiger partial charge in [-0.3, -0.25) is 14.5 Å². The van der Waals surface area contributed by atoms with Gasteiger partial charge in [0.05, 0.1) is 0 Å². The number of benzene rings is 1. The quantitative estimate of drug-likeness (QED) is 0.643. The summed E-state index contributed by atoms with van der Waals surface area (Å²) in [7, 11) is 0. The van der Waals surface area contributed by atoms with Crippen molar-refractivity contribution in [1.29, 1.82) is 0 Å². The molecule has 2 atom stereocenters. The first kappa shape index (κ1) is 24.7.